The second kappa shape index (κ2) is 4.94. The Morgan fingerprint density at radius 2 is 2.08 bits per heavy atom. The summed E-state index contributed by atoms with van der Waals surface area (Å²) in [6.45, 7) is 7.51. The SMILES string of the molecule is CN(C)CCCNCC1(C)COC1. The largest absolute Gasteiger partial charge is 0.380 e. The molecule has 1 aliphatic rings. The van der Waals surface area contributed by atoms with E-state index >= 15 is 0 Å². The van der Waals surface area contributed by atoms with Gasteiger partial charge in [-0.1, -0.05) is 6.92 Å². The molecular weight excluding hydrogens is 164 g/mol. The lowest BCUT2D eigenvalue weighted by Crippen LogP contribution is -2.47. The van der Waals surface area contributed by atoms with E-state index in [0.717, 1.165) is 26.3 Å². The maximum Gasteiger partial charge on any atom is 0.0554 e. The summed E-state index contributed by atoms with van der Waals surface area (Å²) in [5.41, 5.74) is 0.415. The lowest BCUT2D eigenvalue weighted by Gasteiger charge is -2.38. The second-order valence-electron chi connectivity index (χ2n) is 4.64. The molecule has 78 valence electrons. The van der Waals surface area contributed by atoms with Crippen LogP contribution in [-0.2, 0) is 4.74 Å². The van der Waals surface area contributed by atoms with E-state index in [1.54, 1.807) is 0 Å². The molecule has 0 aromatic carbocycles. The fourth-order valence-electron chi connectivity index (χ4n) is 1.46. The molecule has 0 bridgehead atoms. The first-order chi connectivity index (χ1) is 6.12. The molecule has 0 aromatic heterocycles. The number of nitrogens with one attached hydrogen (secondary N) is 1. The Labute approximate surface area is 81.4 Å². The van der Waals surface area contributed by atoms with Gasteiger partial charge in [0, 0.05) is 12.0 Å². The van der Waals surface area contributed by atoms with Crippen molar-refractivity contribution in [2.75, 3.05) is 46.9 Å². The molecule has 1 aliphatic heterocycles. The standard InChI is InChI=1S/C10H22N2O/c1-10(8-13-9-10)7-11-5-4-6-12(2)3/h11H,4-9H2,1-3H3. The van der Waals surface area contributed by atoms with Crippen molar-refractivity contribution < 1.29 is 4.74 Å². The smallest absolute Gasteiger partial charge is 0.0554 e. The molecule has 0 radical (unpaired) electrons. The fraction of sp³-hybridized carbons (Fsp3) is 1.00. The molecule has 1 rings (SSSR count). The van der Waals surface area contributed by atoms with Gasteiger partial charge in [-0.2, -0.15) is 0 Å². The first-order valence-corrected chi connectivity index (χ1v) is 5.06. The fourth-order valence-corrected chi connectivity index (χ4v) is 1.46. The van der Waals surface area contributed by atoms with Gasteiger partial charge in [0.25, 0.3) is 0 Å². The Bertz CT molecular complexity index is 144. The molecule has 3 heteroatoms. The highest BCUT2D eigenvalue weighted by molar-refractivity contribution is 4.82. The third-order valence-electron chi connectivity index (χ3n) is 2.41. The molecule has 1 fully saturated rings. The van der Waals surface area contributed by atoms with E-state index in [9.17, 15) is 0 Å². The average molecular weight is 186 g/mol. The van der Waals surface area contributed by atoms with Crippen molar-refractivity contribution >= 4 is 0 Å². The van der Waals surface area contributed by atoms with Gasteiger partial charge < -0.3 is 15.0 Å². The lowest BCUT2D eigenvalue weighted by molar-refractivity contribution is -0.0989. The van der Waals surface area contributed by atoms with Crippen molar-refractivity contribution in [3.05, 3.63) is 0 Å². The zero-order valence-corrected chi connectivity index (χ0v) is 9.10. The molecule has 3 nitrogen and oxygen atoms in total. The molecule has 1 saturated heterocycles. The van der Waals surface area contributed by atoms with Gasteiger partial charge in [0.1, 0.15) is 0 Å². The Morgan fingerprint density at radius 3 is 2.54 bits per heavy atom. The zero-order chi connectivity index (χ0) is 9.73. The van der Waals surface area contributed by atoms with E-state index in [4.69, 9.17) is 4.74 Å². The molecule has 0 saturated carbocycles. The quantitative estimate of drug-likeness (QED) is 0.614. The average Bonchev–Trinajstić information content (AvgIpc) is 2.00. The number of hydrogen-bond donors (Lipinski definition) is 1. The summed E-state index contributed by atoms with van der Waals surface area (Å²) in [6, 6.07) is 0. The van der Waals surface area contributed by atoms with E-state index in [1.807, 2.05) is 0 Å². The summed E-state index contributed by atoms with van der Waals surface area (Å²) < 4.78 is 5.18. The summed E-state index contributed by atoms with van der Waals surface area (Å²) in [5.74, 6) is 0. The monoisotopic (exact) mass is 186 g/mol. The predicted molar refractivity (Wildman–Crippen MR) is 55.0 cm³/mol. The van der Waals surface area contributed by atoms with Crippen LogP contribution in [-0.4, -0.2) is 51.8 Å². The van der Waals surface area contributed by atoms with Gasteiger partial charge in [-0.15, -0.1) is 0 Å². The molecular formula is C10H22N2O. The van der Waals surface area contributed by atoms with Crippen LogP contribution in [0.2, 0.25) is 0 Å². The van der Waals surface area contributed by atoms with Gasteiger partial charge in [-0.05, 0) is 33.6 Å². The van der Waals surface area contributed by atoms with Crippen molar-refractivity contribution in [3.8, 4) is 0 Å². The highest BCUT2D eigenvalue weighted by atomic mass is 16.5. The van der Waals surface area contributed by atoms with Gasteiger partial charge in [-0.25, -0.2) is 0 Å². The Balaban J connectivity index is 1.89. The molecule has 1 N–H and O–H groups in total. The summed E-state index contributed by atoms with van der Waals surface area (Å²) in [7, 11) is 4.22. The molecule has 0 spiro atoms. The Hall–Kier alpha value is -0.120. The van der Waals surface area contributed by atoms with Crippen LogP contribution in [0.3, 0.4) is 0 Å². The normalized spacial score (nSPS) is 20.3. The van der Waals surface area contributed by atoms with Crippen LogP contribution in [0, 0.1) is 5.41 Å². The molecule has 0 amide bonds. The minimum absolute atomic E-state index is 0.415. The minimum Gasteiger partial charge on any atom is -0.380 e. The maximum absolute atomic E-state index is 5.18. The van der Waals surface area contributed by atoms with E-state index in [0.29, 0.717) is 5.41 Å². The first-order valence-electron chi connectivity index (χ1n) is 5.06. The van der Waals surface area contributed by atoms with E-state index in [-0.39, 0.29) is 0 Å². The summed E-state index contributed by atoms with van der Waals surface area (Å²) in [6.07, 6.45) is 1.23. The van der Waals surface area contributed by atoms with Gasteiger partial charge in [0.2, 0.25) is 0 Å². The number of nitrogens with zero attached hydrogens (tertiary/aromatic N) is 1. The van der Waals surface area contributed by atoms with Crippen LogP contribution in [0.25, 0.3) is 0 Å². The molecule has 0 unspecified atom stereocenters. The van der Waals surface area contributed by atoms with Crippen LogP contribution in [0.1, 0.15) is 13.3 Å². The van der Waals surface area contributed by atoms with Crippen LogP contribution in [0.15, 0.2) is 0 Å². The van der Waals surface area contributed by atoms with Crippen LogP contribution in [0.4, 0.5) is 0 Å². The molecule has 0 aromatic rings. The van der Waals surface area contributed by atoms with Gasteiger partial charge in [0.05, 0.1) is 13.2 Å². The van der Waals surface area contributed by atoms with Crippen LogP contribution >= 0.6 is 0 Å². The summed E-state index contributed by atoms with van der Waals surface area (Å²) >= 11 is 0. The maximum atomic E-state index is 5.18. The van der Waals surface area contributed by atoms with Crippen LogP contribution < -0.4 is 5.32 Å². The van der Waals surface area contributed by atoms with Crippen molar-refractivity contribution in [2.24, 2.45) is 5.41 Å². The third kappa shape index (κ3) is 4.07. The molecule has 13 heavy (non-hydrogen) atoms. The molecule has 0 atom stereocenters. The molecule has 0 aliphatic carbocycles. The highest BCUT2D eigenvalue weighted by Gasteiger charge is 2.32. The van der Waals surface area contributed by atoms with E-state index in [2.05, 4.69) is 31.2 Å². The topological polar surface area (TPSA) is 24.5 Å². The van der Waals surface area contributed by atoms with E-state index in [1.165, 1.54) is 13.0 Å². The minimum atomic E-state index is 0.415. The molecule has 1 heterocycles. The van der Waals surface area contributed by atoms with Crippen molar-refractivity contribution in [1.29, 1.82) is 0 Å². The van der Waals surface area contributed by atoms with Gasteiger partial charge >= 0.3 is 0 Å². The van der Waals surface area contributed by atoms with E-state index < -0.39 is 0 Å². The zero-order valence-electron chi connectivity index (χ0n) is 9.10. The number of rotatable bonds is 6. The highest BCUT2D eigenvalue weighted by Crippen LogP contribution is 2.24. The Kier molecular flexibility index (Phi) is 4.16. The van der Waals surface area contributed by atoms with Gasteiger partial charge in [-0.3, -0.25) is 0 Å². The predicted octanol–water partition coefficient (Wildman–Crippen LogP) is 0.564. The van der Waals surface area contributed by atoms with Crippen molar-refractivity contribution in [3.63, 3.8) is 0 Å². The van der Waals surface area contributed by atoms with Crippen molar-refractivity contribution in [1.82, 2.24) is 10.2 Å². The van der Waals surface area contributed by atoms with Gasteiger partial charge in [0.15, 0.2) is 0 Å². The summed E-state index contributed by atoms with van der Waals surface area (Å²) in [5, 5.41) is 3.48. The van der Waals surface area contributed by atoms with Crippen molar-refractivity contribution in [2.45, 2.75) is 13.3 Å². The summed E-state index contributed by atoms with van der Waals surface area (Å²) in [4.78, 5) is 2.22. The Morgan fingerprint density at radius 1 is 1.38 bits per heavy atom. The second-order valence-corrected chi connectivity index (χ2v) is 4.64. The lowest BCUT2D eigenvalue weighted by atomic mass is 9.89. The third-order valence-corrected chi connectivity index (χ3v) is 2.41. The number of ether oxygens (including phenoxy) is 1. The van der Waals surface area contributed by atoms with Crippen LogP contribution in [0.5, 0.6) is 0 Å². The number of hydrogen-bond acceptors (Lipinski definition) is 3. The first kappa shape index (κ1) is 11.0.